The summed E-state index contributed by atoms with van der Waals surface area (Å²) in [5.41, 5.74) is 5.27. The third-order valence-electron chi connectivity index (χ3n) is 1.65. The smallest absolute Gasteiger partial charge is 0.234 e. The topological polar surface area (TPSA) is 55.1 Å². The van der Waals surface area contributed by atoms with Gasteiger partial charge in [0.05, 0.1) is 13.1 Å². The van der Waals surface area contributed by atoms with Crippen molar-refractivity contribution in [3.05, 3.63) is 35.4 Å². The van der Waals surface area contributed by atoms with Gasteiger partial charge in [-0.15, -0.1) is 0 Å². The van der Waals surface area contributed by atoms with Gasteiger partial charge in [-0.25, -0.2) is 8.78 Å². The second kappa shape index (κ2) is 5.83. The molecule has 16 heavy (non-hydrogen) atoms. The molecule has 3 nitrogen and oxygen atoms in total. The molecule has 0 aliphatic carbocycles. The third kappa shape index (κ3) is 4.07. The van der Waals surface area contributed by atoms with Crippen molar-refractivity contribution in [2.75, 3.05) is 13.1 Å². The monoisotopic (exact) mass is 224 g/mol. The van der Waals surface area contributed by atoms with Gasteiger partial charge in [0.15, 0.2) is 0 Å². The van der Waals surface area contributed by atoms with Crippen molar-refractivity contribution in [2.45, 2.75) is 0 Å². The van der Waals surface area contributed by atoms with Crippen LogP contribution in [-0.2, 0) is 4.79 Å². The average Bonchev–Trinajstić information content (AvgIpc) is 2.22. The van der Waals surface area contributed by atoms with Gasteiger partial charge in [-0.2, -0.15) is 0 Å². The number of hydrogen-bond acceptors (Lipinski definition) is 2. The highest BCUT2D eigenvalue weighted by Crippen LogP contribution is 2.06. The fourth-order valence-electron chi connectivity index (χ4n) is 0.987. The molecule has 0 saturated heterocycles. The summed E-state index contributed by atoms with van der Waals surface area (Å²) in [7, 11) is 0. The molecule has 0 heterocycles. The fraction of sp³-hybridized carbons (Fsp3) is 0.182. The van der Waals surface area contributed by atoms with Gasteiger partial charge in [0.2, 0.25) is 5.91 Å². The highest BCUT2D eigenvalue weighted by molar-refractivity contribution is 5.77. The number of rotatable bonds is 2. The maximum absolute atomic E-state index is 12.7. The Kier molecular flexibility index (Phi) is 4.42. The lowest BCUT2D eigenvalue weighted by atomic mass is 10.2. The molecular formula is C11H10F2N2O. The second-order valence-electron chi connectivity index (χ2n) is 2.94. The van der Waals surface area contributed by atoms with Crippen LogP contribution in [0.5, 0.6) is 0 Å². The number of nitrogens with one attached hydrogen (secondary N) is 1. The minimum Gasteiger partial charge on any atom is -0.344 e. The van der Waals surface area contributed by atoms with E-state index in [0.29, 0.717) is 0 Å². The Balaban J connectivity index is 2.59. The van der Waals surface area contributed by atoms with Crippen LogP contribution in [-0.4, -0.2) is 19.0 Å². The van der Waals surface area contributed by atoms with Crippen molar-refractivity contribution in [3.63, 3.8) is 0 Å². The molecule has 1 aromatic rings. The van der Waals surface area contributed by atoms with Crippen LogP contribution in [0.1, 0.15) is 5.56 Å². The van der Waals surface area contributed by atoms with Crippen LogP contribution in [0.4, 0.5) is 8.78 Å². The molecule has 1 rings (SSSR count). The summed E-state index contributed by atoms with van der Waals surface area (Å²) in [6.45, 7) is -0.0234. The predicted octanol–water partition coefficient (Wildman–Crippen LogP) is 0.391. The zero-order valence-corrected chi connectivity index (χ0v) is 8.39. The first-order valence-corrected chi connectivity index (χ1v) is 4.53. The maximum Gasteiger partial charge on any atom is 0.234 e. The van der Waals surface area contributed by atoms with Gasteiger partial charge in [0.1, 0.15) is 11.6 Å². The van der Waals surface area contributed by atoms with Crippen LogP contribution < -0.4 is 11.1 Å². The van der Waals surface area contributed by atoms with Crippen molar-refractivity contribution in [2.24, 2.45) is 5.73 Å². The van der Waals surface area contributed by atoms with Crippen LogP contribution in [0, 0.1) is 23.5 Å². The average molecular weight is 224 g/mol. The first-order chi connectivity index (χ1) is 7.61. The van der Waals surface area contributed by atoms with Crippen molar-refractivity contribution in [1.82, 2.24) is 5.32 Å². The third-order valence-corrected chi connectivity index (χ3v) is 1.65. The van der Waals surface area contributed by atoms with Gasteiger partial charge < -0.3 is 11.1 Å². The number of nitrogens with two attached hydrogens (primary N) is 1. The molecule has 84 valence electrons. The first kappa shape index (κ1) is 12.1. The van der Waals surface area contributed by atoms with Gasteiger partial charge >= 0.3 is 0 Å². The van der Waals surface area contributed by atoms with E-state index in [-0.39, 0.29) is 24.6 Å². The van der Waals surface area contributed by atoms with E-state index >= 15 is 0 Å². The Hall–Kier alpha value is -1.93. The summed E-state index contributed by atoms with van der Waals surface area (Å²) < 4.78 is 25.5. The van der Waals surface area contributed by atoms with Gasteiger partial charge in [0, 0.05) is 11.6 Å². The lowest BCUT2D eigenvalue weighted by Gasteiger charge is -1.95. The van der Waals surface area contributed by atoms with Gasteiger partial charge in [0.25, 0.3) is 0 Å². The SMILES string of the molecule is NCC(=O)NCC#Cc1cc(F)cc(F)c1. The summed E-state index contributed by atoms with van der Waals surface area (Å²) in [5.74, 6) is 3.37. The number of hydrogen-bond donors (Lipinski definition) is 2. The normalized spacial score (nSPS) is 9.19. The van der Waals surface area contributed by atoms with E-state index in [1.807, 2.05) is 0 Å². The van der Waals surface area contributed by atoms with Gasteiger partial charge in [-0.05, 0) is 12.1 Å². The van der Waals surface area contributed by atoms with Crippen molar-refractivity contribution >= 4 is 5.91 Å². The van der Waals surface area contributed by atoms with Crippen LogP contribution in [0.2, 0.25) is 0 Å². The quantitative estimate of drug-likeness (QED) is 0.714. The zero-order valence-electron chi connectivity index (χ0n) is 8.39. The van der Waals surface area contributed by atoms with E-state index in [2.05, 4.69) is 17.2 Å². The molecule has 5 heteroatoms. The predicted molar refractivity (Wildman–Crippen MR) is 55.3 cm³/mol. The molecule has 3 N–H and O–H groups in total. The minimum absolute atomic E-state index is 0.0914. The lowest BCUT2D eigenvalue weighted by molar-refractivity contribution is -0.119. The lowest BCUT2D eigenvalue weighted by Crippen LogP contribution is -2.30. The summed E-state index contributed by atoms with van der Waals surface area (Å²) in [6.07, 6.45) is 0. The fourth-order valence-corrected chi connectivity index (χ4v) is 0.987. The molecule has 0 bridgehead atoms. The summed E-state index contributed by atoms with van der Waals surface area (Å²) in [5, 5.41) is 2.41. The molecule has 1 aromatic carbocycles. The largest absolute Gasteiger partial charge is 0.344 e. The molecule has 0 radical (unpaired) electrons. The number of halogens is 2. The van der Waals surface area contributed by atoms with Crippen molar-refractivity contribution in [1.29, 1.82) is 0 Å². The number of amides is 1. The van der Waals surface area contributed by atoms with Crippen LogP contribution in [0.15, 0.2) is 18.2 Å². The molecule has 0 spiro atoms. The van der Waals surface area contributed by atoms with Crippen molar-refractivity contribution < 1.29 is 13.6 Å². The van der Waals surface area contributed by atoms with Crippen molar-refractivity contribution in [3.8, 4) is 11.8 Å². The molecule has 1 amide bonds. The van der Waals surface area contributed by atoms with Gasteiger partial charge in [-0.1, -0.05) is 11.8 Å². The van der Waals surface area contributed by atoms with E-state index in [9.17, 15) is 13.6 Å². The summed E-state index contributed by atoms with van der Waals surface area (Å²) in [6, 6.07) is 2.99. The Labute approximate surface area is 91.6 Å². The minimum atomic E-state index is -0.685. The molecule has 0 atom stereocenters. The molecule has 0 unspecified atom stereocenters. The van der Waals surface area contributed by atoms with E-state index in [0.717, 1.165) is 18.2 Å². The summed E-state index contributed by atoms with van der Waals surface area (Å²) in [4.78, 5) is 10.7. The zero-order chi connectivity index (χ0) is 12.0. The molecule has 0 aromatic heterocycles. The maximum atomic E-state index is 12.7. The van der Waals surface area contributed by atoms with Crippen LogP contribution in [0.3, 0.4) is 0 Å². The Bertz CT molecular complexity index is 429. The molecule has 0 fully saturated rings. The number of benzene rings is 1. The van der Waals surface area contributed by atoms with Crippen LogP contribution in [0.25, 0.3) is 0 Å². The number of carbonyl (C=O) groups excluding carboxylic acids is 1. The van der Waals surface area contributed by atoms with E-state index in [1.54, 1.807) is 0 Å². The molecule has 0 aliphatic heterocycles. The standard InChI is InChI=1S/C11H10F2N2O/c12-9-4-8(5-10(13)6-9)2-1-3-15-11(16)7-14/h4-6H,3,7,14H2,(H,15,16). The Morgan fingerprint density at radius 1 is 1.31 bits per heavy atom. The van der Waals surface area contributed by atoms with E-state index < -0.39 is 11.6 Å². The highest BCUT2D eigenvalue weighted by Gasteiger charge is 1.97. The van der Waals surface area contributed by atoms with Gasteiger partial charge in [-0.3, -0.25) is 4.79 Å². The molecule has 0 aliphatic rings. The Morgan fingerprint density at radius 3 is 2.50 bits per heavy atom. The molecule has 0 saturated carbocycles. The first-order valence-electron chi connectivity index (χ1n) is 4.53. The highest BCUT2D eigenvalue weighted by atomic mass is 19.1. The summed E-state index contributed by atoms with van der Waals surface area (Å²) >= 11 is 0. The van der Waals surface area contributed by atoms with E-state index in [4.69, 9.17) is 5.73 Å². The van der Waals surface area contributed by atoms with Crippen LogP contribution >= 0.6 is 0 Å². The molecular weight excluding hydrogens is 214 g/mol. The Morgan fingerprint density at radius 2 is 1.94 bits per heavy atom. The van der Waals surface area contributed by atoms with E-state index in [1.165, 1.54) is 0 Å². The number of carbonyl (C=O) groups is 1. The second-order valence-corrected chi connectivity index (χ2v) is 2.94.